The molecule has 0 amide bonds. The third-order valence-electron chi connectivity index (χ3n) is 10.5. The van der Waals surface area contributed by atoms with Gasteiger partial charge in [-0.1, -0.05) is 29.9 Å². The van der Waals surface area contributed by atoms with Gasteiger partial charge in [-0.3, -0.25) is 9.59 Å². The van der Waals surface area contributed by atoms with Gasteiger partial charge in [-0.05, 0) is 79.6 Å². The molecule has 2 saturated carbocycles. The van der Waals surface area contributed by atoms with E-state index in [2.05, 4.69) is 26.5 Å². The molecular weight excluding hydrogens is 492 g/mol. The van der Waals surface area contributed by atoms with Gasteiger partial charge in [0.25, 0.3) is 0 Å². The number of aromatic hydroxyl groups is 1. The summed E-state index contributed by atoms with van der Waals surface area (Å²) in [7, 11) is 0. The maximum Gasteiger partial charge on any atom is 0.200 e. The van der Waals surface area contributed by atoms with Gasteiger partial charge in [0, 0.05) is 34.5 Å². The fraction of sp³-hybridized carbons (Fsp3) is 0.576. The third-order valence-corrected chi connectivity index (χ3v) is 10.5. The highest BCUT2D eigenvalue weighted by Gasteiger charge is 2.74. The van der Waals surface area contributed by atoms with Crippen LogP contribution < -0.4 is 9.47 Å². The Morgan fingerprint density at radius 1 is 1.15 bits per heavy atom. The minimum Gasteiger partial charge on any atom is -0.507 e. The van der Waals surface area contributed by atoms with E-state index in [4.69, 9.17) is 14.2 Å². The lowest BCUT2D eigenvalue weighted by Crippen LogP contribution is -2.65. The molecule has 7 aliphatic rings. The van der Waals surface area contributed by atoms with Crippen LogP contribution >= 0.6 is 0 Å². The van der Waals surface area contributed by atoms with E-state index < -0.39 is 17.3 Å². The van der Waals surface area contributed by atoms with E-state index in [1.165, 1.54) is 0 Å². The first-order valence-electron chi connectivity index (χ1n) is 14.4. The molecule has 3 aliphatic heterocycles. The van der Waals surface area contributed by atoms with Gasteiger partial charge in [0.2, 0.25) is 0 Å². The van der Waals surface area contributed by atoms with E-state index in [1.54, 1.807) is 6.08 Å². The first kappa shape index (κ1) is 25.1. The summed E-state index contributed by atoms with van der Waals surface area (Å²) < 4.78 is 20.1. The van der Waals surface area contributed by atoms with E-state index in [0.29, 0.717) is 35.5 Å². The van der Waals surface area contributed by atoms with Crippen LogP contribution in [0, 0.1) is 17.8 Å². The lowest BCUT2D eigenvalue weighted by atomic mass is 9.56. The number of rotatable bonds is 3. The summed E-state index contributed by atoms with van der Waals surface area (Å²) in [6.45, 7) is 16.5. The lowest BCUT2D eigenvalue weighted by Gasteiger charge is -2.53. The van der Waals surface area contributed by atoms with Crippen molar-refractivity contribution in [2.24, 2.45) is 17.8 Å². The van der Waals surface area contributed by atoms with Crippen molar-refractivity contribution in [3.8, 4) is 17.2 Å². The van der Waals surface area contributed by atoms with Crippen molar-refractivity contribution < 1.29 is 28.9 Å². The van der Waals surface area contributed by atoms with Gasteiger partial charge in [0.05, 0.1) is 5.60 Å². The van der Waals surface area contributed by atoms with Crippen molar-refractivity contribution in [2.45, 2.75) is 102 Å². The molecule has 0 aromatic heterocycles. The molecule has 4 aliphatic carbocycles. The van der Waals surface area contributed by atoms with Crippen LogP contribution in [0.15, 0.2) is 35.5 Å². The molecule has 1 aromatic rings. The smallest absolute Gasteiger partial charge is 0.200 e. The average molecular weight is 531 g/mol. The highest BCUT2D eigenvalue weighted by molar-refractivity contribution is 6.18. The van der Waals surface area contributed by atoms with Crippen LogP contribution in [0.2, 0.25) is 0 Å². The van der Waals surface area contributed by atoms with Crippen LogP contribution in [0.5, 0.6) is 17.2 Å². The van der Waals surface area contributed by atoms with E-state index in [9.17, 15) is 14.7 Å². The average Bonchev–Trinajstić information content (AvgIpc) is 3.02. The minimum absolute atomic E-state index is 0.00116. The van der Waals surface area contributed by atoms with E-state index in [1.807, 2.05) is 27.7 Å². The summed E-state index contributed by atoms with van der Waals surface area (Å²) in [6, 6.07) is 0. The molecule has 3 heterocycles. The number of phenols is 1. The zero-order valence-electron chi connectivity index (χ0n) is 23.8. The molecule has 1 aromatic carbocycles. The Bertz CT molecular complexity index is 1440. The molecule has 7 atom stereocenters. The molecule has 3 fully saturated rings. The Balaban J connectivity index is 1.52. The van der Waals surface area contributed by atoms with Gasteiger partial charge in [-0.2, -0.15) is 0 Å². The highest BCUT2D eigenvalue weighted by Crippen LogP contribution is 2.65. The monoisotopic (exact) mass is 530 g/mol. The lowest BCUT2D eigenvalue weighted by molar-refractivity contribution is -0.145. The first-order valence-corrected chi connectivity index (χ1v) is 14.4. The van der Waals surface area contributed by atoms with Crippen molar-refractivity contribution in [1.82, 2.24) is 0 Å². The molecule has 1 N–H and O–H groups in total. The van der Waals surface area contributed by atoms with E-state index in [0.717, 1.165) is 36.0 Å². The van der Waals surface area contributed by atoms with E-state index >= 15 is 0 Å². The Labute approximate surface area is 230 Å². The van der Waals surface area contributed by atoms with Gasteiger partial charge in [0.15, 0.2) is 23.3 Å². The largest absolute Gasteiger partial charge is 0.507 e. The van der Waals surface area contributed by atoms with Crippen molar-refractivity contribution in [1.29, 1.82) is 0 Å². The Hall–Kier alpha value is -2.86. The number of benzene rings is 1. The molecular formula is C33H38O6. The molecule has 6 heteroatoms. The normalized spacial score (nSPS) is 38.1. The van der Waals surface area contributed by atoms with Gasteiger partial charge < -0.3 is 19.3 Å². The number of carbonyl (C=O) groups excluding carboxylic acids is 2. The minimum atomic E-state index is -1.19. The maximum absolute atomic E-state index is 14.5. The molecule has 6 bridgehead atoms. The predicted molar refractivity (Wildman–Crippen MR) is 146 cm³/mol. The second kappa shape index (κ2) is 7.66. The topological polar surface area (TPSA) is 82.1 Å². The zero-order valence-corrected chi connectivity index (χ0v) is 23.8. The molecule has 39 heavy (non-hydrogen) atoms. The Morgan fingerprint density at radius 2 is 1.90 bits per heavy atom. The highest BCUT2D eigenvalue weighted by atomic mass is 16.6. The number of hydrogen-bond donors (Lipinski definition) is 1. The SMILES string of the molecule is C=C(C)[C@@H]1CC[C@@]2(C)C[C@@H]1c1c(O)c3c(c(CC=C(C)C)c1O2)O[C@]12C(=C[C@@H]4C[C@H]1C(C)(C)OC2C4=O)C3=O. The van der Waals surface area contributed by atoms with Crippen molar-refractivity contribution in [3.05, 3.63) is 52.1 Å². The number of ketones is 2. The third kappa shape index (κ3) is 3.07. The summed E-state index contributed by atoms with van der Waals surface area (Å²) in [5.41, 5.74) is 2.18. The summed E-state index contributed by atoms with van der Waals surface area (Å²) in [5, 5.41) is 12.0. The summed E-state index contributed by atoms with van der Waals surface area (Å²) in [5.74, 6) is 0.344. The number of phenolic OH excluding ortho intramolecular Hbond substituents is 1. The molecule has 1 spiro atoms. The maximum atomic E-state index is 14.5. The van der Waals surface area contributed by atoms with Gasteiger partial charge in [-0.15, -0.1) is 0 Å². The summed E-state index contributed by atoms with van der Waals surface area (Å²) in [4.78, 5) is 27.9. The zero-order chi connectivity index (χ0) is 27.8. The molecule has 0 radical (unpaired) electrons. The second-order valence-electron chi connectivity index (χ2n) is 13.8. The van der Waals surface area contributed by atoms with Crippen molar-refractivity contribution in [3.63, 3.8) is 0 Å². The van der Waals surface area contributed by atoms with Gasteiger partial charge in [-0.25, -0.2) is 0 Å². The summed E-state index contributed by atoms with van der Waals surface area (Å²) in [6.07, 6.45) is 6.72. The fourth-order valence-corrected chi connectivity index (χ4v) is 8.66. The molecule has 206 valence electrons. The van der Waals surface area contributed by atoms with Crippen LogP contribution in [0.1, 0.15) is 94.6 Å². The number of fused-ring (bicyclic) bond motifs is 5. The second-order valence-corrected chi connectivity index (χ2v) is 13.8. The van der Waals surface area contributed by atoms with Crippen molar-refractivity contribution >= 4 is 11.6 Å². The standard InChI is InChI=1S/C33H38O6/c1-15(2)8-9-19-28-23(20-14-32(7,37-28)11-10-18(20)16(3)4)27(36)24-26(35)21-12-17-13-22-31(5,6)39-30(25(17)34)33(21,22)38-29(19)24/h8,12,17-18,20,22,30,36H,3,9-11,13-14H2,1-2,4-7H3/t17-,18+,20+,22+,30?,32+,33-/m1/s1. The van der Waals surface area contributed by atoms with Crippen molar-refractivity contribution in [2.75, 3.05) is 0 Å². The quantitative estimate of drug-likeness (QED) is 0.472. The first-order chi connectivity index (χ1) is 18.3. The fourth-order valence-electron chi connectivity index (χ4n) is 8.66. The summed E-state index contributed by atoms with van der Waals surface area (Å²) >= 11 is 0. The predicted octanol–water partition coefficient (Wildman–Crippen LogP) is 6.15. The van der Waals surface area contributed by atoms with E-state index in [-0.39, 0.29) is 52.2 Å². The molecule has 6 nitrogen and oxygen atoms in total. The number of Topliss-reactive ketones (excluding diaryl/α,β-unsaturated/α-hetero) is 2. The van der Waals surface area contributed by atoms with Crippen LogP contribution in [-0.4, -0.2) is 39.6 Å². The van der Waals surface area contributed by atoms with Gasteiger partial charge in [0.1, 0.15) is 28.4 Å². The number of hydrogen-bond acceptors (Lipinski definition) is 6. The Kier molecular flexibility index (Phi) is 4.93. The van der Waals surface area contributed by atoms with Crippen LogP contribution in [0.3, 0.4) is 0 Å². The number of ether oxygens (including phenoxy) is 3. The number of carbonyl (C=O) groups is 2. The van der Waals surface area contributed by atoms with Crippen LogP contribution in [0.4, 0.5) is 0 Å². The molecule has 1 saturated heterocycles. The Morgan fingerprint density at radius 3 is 2.59 bits per heavy atom. The molecule has 8 rings (SSSR count). The van der Waals surface area contributed by atoms with Crippen LogP contribution in [0.25, 0.3) is 0 Å². The van der Waals surface area contributed by atoms with Crippen LogP contribution in [-0.2, 0) is 16.0 Å². The van der Waals surface area contributed by atoms with Gasteiger partial charge >= 0.3 is 0 Å². The molecule has 1 unspecified atom stereocenters. The number of allylic oxidation sites excluding steroid dienone is 4.